The van der Waals surface area contributed by atoms with Gasteiger partial charge in [-0.2, -0.15) is 0 Å². The monoisotopic (exact) mass is 275 g/mol. The van der Waals surface area contributed by atoms with Crippen LogP contribution in [0.3, 0.4) is 0 Å². The van der Waals surface area contributed by atoms with Gasteiger partial charge in [-0.15, -0.1) is 0 Å². The van der Waals surface area contributed by atoms with Crippen LogP contribution in [0.15, 0.2) is 24.3 Å². The second kappa shape index (κ2) is 5.50. The number of nitrogens with one attached hydrogen (secondary N) is 1. The highest BCUT2D eigenvalue weighted by Crippen LogP contribution is 2.29. The Hall–Kier alpha value is -1.46. The number of benzene rings is 1. The van der Waals surface area contributed by atoms with Crippen molar-refractivity contribution in [3.05, 3.63) is 39.9 Å². The quantitative estimate of drug-likeness (QED) is 0.676. The van der Waals surface area contributed by atoms with Crippen LogP contribution in [0.25, 0.3) is 0 Å². The molecule has 5 nitrogen and oxygen atoms in total. The van der Waals surface area contributed by atoms with Gasteiger partial charge in [0.1, 0.15) is 0 Å². The molecule has 0 aromatic heterocycles. The molecule has 0 spiro atoms. The van der Waals surface area contributed by atoms with E-state index >= 15 is 0 Å². The van der Waals surface area contributed by atoms with E-state index in [1.165, 1.54) is 25.7 Å². The predicted molar refractivity (Wildman–Crippen MR) is 77.5 cm³/mol. The van der Waals surface area contributed by atoms with E-state index in [4.69, 9.17) is 0 Å². The van der Waals surface area contributed by atoms with Crippen LogP contribution < -0.4 is 5.32 Å². The third-order valence-electron chi connectivity index (χ3n) is 4.65. The highest BCUT2D eigenvalue weighted by molar-refractivity contribution is 5.32. The second-order valence-electron chi connectivity index (χ2n) is 6.10. The van der Waals surface area contributed by atoms with Gasteiger partial charge in [0, 0.05) is 36.8 Å². The Balaban J connectivity index is 1.60. The van der Waals surface area contributed by atoms with Crippen molar-refractivity contribution in [3.8, 4) is 0 Å². The minimum atomic E-state index is -0.349. The van der Waals surface area contributed by atoms with E-state index in [1.54, 1.807) is 12.1 Å². The highest BCUT2D eigenvalue weighted by atomic mass is 16.6. The first-order chi connectivity index (χ1) is 9.61. The number of nitrogens with zero attached hydrogens (tertiary/aromatic N) is 2. The molecule has 3 rings (SSSR count). The lowest BCUT2D eigenvalue weighted by Crippen LogP contribution is -2.46. The van der Waals surface area contributed by atoms with Crippen LogP contribution >= 0.6 is 0 Å². The van der Waals surface area contributed by atoms with E-state index in [0.717, 1.165) is 12.1 Å². The Kier molecular flexibility index (Phi) is 3.72. The third kappa shape index (κ3) is 2.83. The van der Waals surface area contributed by atoms with Gasteiger partial charge in [-0.1, -0.05) is 12.1 Å². The molecule has 5 heteroatoms. The third-order valence-corrected chi connectivity index (χ3v) is 4.65. The summed E-state index contributed by atoms with van der Waals surface area (Å²) in [6, 6.07) is 8.93. The summed E-state index contributed by atoms with van der Waals surface area (Å²) in [6.45, 7) is 0.863. The van der Waals surface area contributed by atoms with Gasteiger partial charge in [0.2, 0.25) is 0 Å². The largest absolute Gasteiger partial charge is 0.311 e. The van der Waals surface area contributed by atoms with Crippen molar-refractivity contribution in [3.63, 3.8) is 0 Å². The van der Waals surface area contributed by atoms with Gasteiger partial charge < -0.3 is 5.32 Å². The fraction of sp³-hybridized carbons (Fsp3) is 0.600. The lowest BCUT2D eigenvalue weighted by molar-refractivity contribution is -0.384. The topological polar surface area (TPSA) is 58.4 Å². The molecule has 0 radical (unpaired) electrons. The molecule has 2 fully saturated rings. The first-order valence-corrected chi connectivity index (χ1v) is 7.31. The second-order valence-corrected chi connectivity index (χ2v) is 6.10. The lowest BCUT2D eigenvalue weighted by atomic mass is 9.98. The summed E-state index contributed by atoms with van der Waals surface area (Å²) in [5.41, 5.74) is 1.31. The van der Waals surface area contributed by atoms with E-state index in [9.17, 15) is 10.1 Å². The first-order valence-electron chi connectivity index (χ1n) is 7.31. The van der Waals surface area contributed by atoms with Crippen LogP contribution in [0.2, 0.25) is 0 Å². The zero-order chi connectivity index (χ0) is 14.1. The van der Waals surface area contributed by atoms with E-state index in [-0.39, 0.29) is 10.6 Å². The maximum Gasteiger partial charge on any atom is 0.269 e. The van der Waals surface area contributed by atoms with Crippen molar-refractivity contribution in [1.29, 1.82) is 0 Å². The number of rotatable bonds is 4. The molecule has 2 unspecified atom stereocenters. The molecule has 1 N–H and O–H groups in total. The van der Waals surface area contributed by atoms with Crippen LogP contribution in [0, 0.1) is 10.1 Å². The average Bonchev–Trinajstić information content (AvgIpc) is 2.78. The minimum Gasteiger partial charge on any atom is -0.311 e. The van der Waals surface area contributed by atoms with Crippen molar-refractivity contribution >= 4 is 5.69 Å². The molecule has 1 aromatic carbocycles. The van der Waals surface area contributed by atoms with Gasteiger partial charge in [0.15, 0.2) is 0 Å². The van der Waals surface area contributed by atoms with Crippen LogP contribution in [0.4, 0.5) is 5.69 Å². The Morgan fingerprint density at radius 2 is 1.85 bits per heavy atom. The van der Waals surface area contributed by atoms with Gasteiger partial charge in [0.05, 0.1) is 4.92 Å². The molecule has 0 amide bonds. The van der Waals surface area contributed by atoms with Crippen LogP contribution in [-0.4, -0.2) is 35.0 Å². The summed E-state index contributed by atoms with van der Waals surface area (Å²) in [5, 5.41) is 14.3. The maximum absolute atomic E-state index is 10.6. The van der Waals surface area contributed by atoms with Crippen molar-refractivity contribution in [1.82, 2.24) is 10.2 Å². The molecule has 2 aliphatic heterocycles. The minimum absolute atomic E-state index is 0.163. The number of nitro benzene ring substituents is 1. The maximum atomic E-state index is 10.6. The standard InChI is InChI=1S/C15H21N3O2/c1-17(15-8-12-4-5-13(9-15)16-12)10-11-2-6-14(7-3-11)18(19)20/h2-3,6-7,12-13,15-16H,4-5,8-10H2,1H3. The van der Waals surface area contributed by atoms with E-state index in [2.05, 4.69) is 17.3 Å². The molecule has 20 heavy (non-hydrogen) atoms. The molecule has 2 atom stereocenters. The van der Waals surface area contributed by atoms with Crippen molar-refractivity contribution < 1.29 is 4.92 Å². The molecule has 2 saturated heterocycles. The Morgan fingerprint density at radius 1 is 1.25 bits per heavy atom. The number of nitro groups is 1. The smallest absolute Gasteiger partial charge is 0.269 e. The summed E-state index contributed by atoms with van der Waals surface area (Å²) in [5.74, 6) is 0. The number of hydrogen-bond acceptors (Lipinski definition) is 4. The summed E-state index contributed by atoms with van der Waals surface area (Å²) < 4.78 is 0. The fourth-order valence-corrected chi connectivity index (χ4v) is 3.53. The van der Waals surface area contributed by atoms with Crippen molar-refractivity contribution in [2.45, 2.75) is 50.4 Å². The summed E-state index contributed by atoms with van der Waals surface area (Å²) in [6.07, 6.45) is 5.07. The molecule has 0 saturated carbocycles. The van der Waals surface area contributed by atoms with Gasteiger partial charge in [0.25, 0.3) is 5.69 Å². The zero-order valence-electron chi connectivity index (χ0n) is 11.8. The van der Waals surface area contributed by atoms with Gasteiger partial charge >= 0.3 is 0 Å². The summed E-state index contributed by atoms with van der Waals surface area (Å²) in [7, 11) is 2.16. The van der Waals surface area contributed by atoms with E-state index < -0.39 is 0 Å². The SMILES string of the molecule is CN(Cc1ccc([N+](=O)[O-])cc1)C1CC2CCC(C1)N2. The number of non-ortho nitro benzene ring substituents is 1. The number of piperidine rings is 1. The fourth-order valence-electron chi connectivity index (χ4n) is 3.53. The number of hydrogen-bond donors (Lipinski definition) is 1. The predicted octanol–water partition coefficient (Wildman–Crippen LogP) is 2.31. The molecular weight excluding hydrogens is 254 g/mol. The van der Waals surface area contributed by atoms with Gasteiger partial charge in [-0.3, -0.25) is 15.0 Å². The highest BCUT2D eigenvalue weighted by Gasteiger charge is 2.34. The normalized spacial score (nSPS) is 28.8. The molecule has 2 bridgehead atoms. The Morgan fingerprint density at radius 3 is 2.40 bits per heavy atom. The molecule has 2 heterocycles. The van der Waals surface area contributed by atoms with Gasteiger partial charge in [-0.05, 0) is 38.3 Å². The summed E-state index contributed by atoms with van der Waals surface area (Å²) >= 11 is 0. The van der Waals surface area contributed by atoms with Gasteiger partial charge in [-0.25, -0.2) is 0 Å². The average molecular weight is 275 g/mol. The van der Waals surface area contributed by atoms with E-state index in [1.807, 2.05) is 12.1 Å². The molecule has 0 aliphatic carbocycles. The summed E-state index contributed by atoms with van der Waals surface area (Å²) in [4.78, 5) is 12.7. The van der Waals surface area contributed by atoms with Crippen molar-refractivity contribution in [2.24, 2.45) is 0 Å². The Bertz CT molecular complexity index is 476. The zero-order valence-corrected chi connectivity index (χ0v) is 11.8. The molecule has 1 aromatic rings. The lowest BCUT2D eigenvalue weighted by Gasteiger charge is -2.35. The number of fused-ring (bicyclic) bond motifs is 2. The Labute approximate surface area is 119 Å². The van der Waals surface area contributed by atoms with Crippen LogP contribution in [0.1, 0.15) is 31.2 Å². The first kappa shape index (κ1) is 13.5. The van der Waals surface area contributed by atoms with Crippen molar-refractivity contribution in [2.75, 3.05) is 7.05 Å². The molecule has 108 valence electrons. The molecular formula is C15H21N3O2. The van der Waals surface area contributed by atoms with Crippen LogP contribution in [0.5, 0.6) is 0 Å². The van der Waals surface area contributed by atoms with E-state index in [0.29, 0.717) is 18.1 Å². The van der Waals surface area contributed by atoms with Crippen LogP contribution in [-0.2, 0) is 6.54 Å². The molecule has 2 aliphatic rings.